The number of halogens is 2. The van der Waals surface area contributed by atoms with Crippen molar-refractivity contribution in [2.45, 2.75) is 25.7 Å². The Morgan fingerprint density at radius 2 is 2.05 bits per heavy atom. The Kier molecular flexibility index (Phi) is 4.95. The normalized spacial score (nSPS) is 19.1. The van der Waals surface area contributed by atoms with Gasteiger partial charge in [0.05, 0.1) is 5.92 Å². The minimum absolute atomic E-state index is 0.0764. The van der Waals surface area contributed by atoms with Gasteiger partial charge in [-0.25, -0.2) is 0 Å². The fourth-order valence-electron chi connectivity index (χ4n) is 2.56. The smallest absolute Gasteiger partial charge is 0.224 e. The molecule has 1 fully saturated rings. The molecule has 1 aromatic carbocycles. The van der Waals surface area contributed by atoms with Crippen molar-refractivity contribution in [2.75, 3.05) is 19.6 Å². The van der Waals surface area contributed by atoms with E-state index < -0.39 is 0 Å². The van der Waals surface area contributed by atoms with E-state index in [4.69, 9.17) is 23.2 Å². The monoisotopic (exact) mass is 314 g/mol. The summed E-state index contributed by atoms with van der Waals surface area (Å²) in [6.45, 7) is 6.27. The van der Waals surface area contributed by atoms with Crippen LogP contribution < -0.4 is 10.6 Å². The molecule has 3 nitrogen and oxygen atoms in total. The second-order valence-corrected chi connectivity index (χ2v) is 6.70. The number of carbonyl (C=O) groups is 1. The van der Waals surface area contributed by atoms with Gasteiger partial charge >= 0.3 is 0 Å². The number of amides is 1. The first-order chi connectivity index (χ1) is 9.42. The van der Waals surface area contributed by atoms with Gasteiger partial charge in [0.2, 0.25) is 5.91 Å². The van der Waals surface area contributed by atoms with Gasteiger partial charge in [0.1, 0.15) is 0 Å². The molecule has 1 amide bonds. The van der Waals surface area contributed by atoms with Crippen LogP contribution in [-0.4, -0.2) is 25.5 Å². The predicted octanol–water partition coefficient (Wildman–Crippen LogP) is 3.00. The van der Waals surface area contributed by atoms with Crippen molar-refractivity contribution in [3.05, 3.63) is 33.8 Å². The van der Waals surface area contributed by atoms with E-state index in [0.717, 1.165) is 25.1 Å². The quantitative estimate of drug-likeness (QED) is 0.897. The molecule has 1 aliphatic rings. The van der Waals surface area contributed by atoms with E-state index >= 15 is 0 Å². The summed E-state index contributed by atoms with van der Waals surface area (Å²) >= 11 is 12.5. The summed E-state index contributed by atoms with van der Waals surface area (Å²) in [4.78, 5) is 12.1. The summed E-state index contributed by atoms with van der Waals surface area (Å²) < 4.78 is 0. The lowest BCUT2D eigenvalue weighted by molar-refractivity contribution is -0.124. The van der Waals surface area contributed by atoms with Gasteiger partial charge in [-0.15, -0.1) is 0 Å². The SMILES string of the molecule is CC(C)(CNC(=O)C1CCNC1)c1c(Cl)cccc1Cl. The molecule has 0 aromatic heterocycles. The number of nitrogens with one attached hydrogen (secondary N) is 2. The lowest BCUT2D eigenvalue weighted by atomic mass is 9.84. The molecule has 0 radical (unpaired) electrons. The molecular weight excluding hydrogens is 295 g/mol. The van der Waals surface area contributed by atoms with Crippen molar-refractivity contribution in [2.24, 2.45) is 5.92 Å². The van der Waals surface area contributed by atoms with Crippen LogP contribution in [0.1, 0.15) is 25.8 Å². The summed E-state index contributed by atoms with van der Waals surface area (Å²) in [5.41, 5.74) is 0.574. The highest BCUT2D eigenvalue weighted by Crippen LogP contribution is 2.35. The van der Waals surface area contributed by atoms with Gasteiger partial charge in [-0.3, -0.25) is 4.79 Å². The largest absolute Gasteiger partial charge is 0.355 e. The van der Waals surface area contributed by atoms with Gasteiger partial charge in [0, 0.05) is 28.5 Å². The van der Waals surface area contributed by atoms with Crippen molar-refractivity contribution in [3.63, 3.8) is 0 Å². The van der Waals surface area contributed by atoms with E-state index in [1.807, 2.05) is 32.0 Å². The average molecular weight is 315 g/mol. The Balaban J connectivity index is 2.05. The van der Waals surface area contributed by atoms with Gasteiger partial charge in [0.25, 0.3) is 0 Å². The topological polar surface area (TPSA) is 41.1 Å². The van der Waals surface area contributed by atoms with Crippen molar-refractivity contribution in [3.8, 4) is 0 Å². The minimum atomic E-state index is -0.308. The lowest BCUT2D eigenvalue weighted by Crippen LogP contribution is -2.40. The van der Waals surface area contributed by atoms with Crippen LogP contribution in [0.3, 0.4) is 0 Å². The summed E-state index contributed by atoms with van der Waals surface area (Å²) in [7, 11) is 0. The fraction of sp³-hybridized carbons (Fsp3) is 0.533. The molecule has 1 atom stereocenters. The zero-order valence-electron chi connectivity index (χ0n) is 11.8. The van der Waals surface area contributed by atoms with Crippen molar-refractivity contribution < 1.29 is 4.79 Å². The molecule has 1 heterocycles. The Morgan fingerprint density at radius 1 is 1.40 bits per heavy atom. The van der Waals surface area contributed by atoms with Gasteiger partial charge in [-0.2, -0.15) is 0 Å². The van der Waals surface area contributed by atoms with E-state index in [0.29, 0.717) is 16.6 Å². The maximum Gasteiger partial charge on any atom is 0.224 e. The zero-order valence-corrected chi connectivity index (χ0v) is 13.3. The van der Waals surface area contributed by atoms with Gasteiger partial charge < -0.3 is 10.6 Å². The van der Waals surface area contributed by atoms with E-state index in [1.165, 1.54) is 0 Å². The van der Waals surface area contributed by atoms with Gasteiger partial charge in [-0.05, 0) is 30.7 Å². The van der Waals surface area contributed by atoms with E-state index in [-0.39, 0.29) is 17.2 Å². The Morgan fingerprint density at radius 3 is 2.60 bits per heavy atom. The van der Waals surface area contributed by atoms with Crippen LogP contribution in [0.15, 0.2) is 18.2 Å². The lowest BCUT2D eigenvalue weighted by Gasteiger charge is -2.28. The Labute approximate surface area is 130 Å². The number of benzene rings is 1. The number of carbonyl (C=O) groups excluding carboxylic acids is 1. The van der Waals surface area contributed by atoms with Gasteiger partial charge in [-0.1, -0.05) is 43.1 Å². The Bertz CT molecular complexity index is 476. The molecule has 0 saturated carbocycles. The molecule has 2 rings (SSSR count). The molecule has 0 spiro atoms. The van der Waals surface area contributed by atoms with Crippen molar-refractivity contribution in [1.29, 1.82) is 0 Å². The number of rotatable bonds is 4. The van der Waals surface area contributed by atoms with Gasteiger partial charge in [0.15, 0.2) is 0 Å². The molecule has 5 heteroatoms. The molecule has 0 bridgehead atoms. The molecule has 1 aliphatic heterocycles. The first-order valence-electron chi connectivity index (χ1n) is 6.85. The van der Waals surface area contributed by atoms with Crippen LogP contribution in [0.5, 0.6) is 0 Å². The highest BCUT2D eigenvalue weighted by atomic mass is 35.5. The molecule has 0 aliphatic carbocycles. The maximum absolute atomic E-state index is 12.1. The second-order valence-electron chi connectivity index (χ2n) is 5.89. The van der Waals surface area contributed by atoms with Crippen LogP contribution in [-0.2, 0) is 10.2 Å². The van der Waals surface area contributed by atoms with Crippen molar-refractivity contribution >= 4 is 29.1 Å². The minimum Gasteiger partial charge on any atom is -0.355 e. The molecule has 1 aromatic rings. The van der Waals surface area contributed by atoms with Crippen LogP contribution in [0.4, 0.5) is 0 Å². The summed E-state index contributed by atoms with van der Waals surface area (Å²) in [6, 6.07) is 5.48. The summed E-state index contributed by atoms with van der Waals surface area (Å²) in [5.74, 6) is 0.179. The number of hydrogen-bond donors (Lipinski definition) is 2. The average Bonchev–Trinajstić information content (AvgIpc) is 2.89. The maximum atomic E-state index is 12.1. The molecule has 2 N–H and O–H groups in total. The third-order valence-corrected chi connectivity index (χ3v) is 4.41. The Hall–Kier alpha value is -0.770. The van der Waals surface area contributed by atoms with Crippen LogP contribution in [0.2, 0.25) is 10.0 Å². The molecule has 20 heavy (non-hydrogen) atoms. The first kappa shape index (κ1) is 15.6. The fourth-order valence-corrected chi connectivity index (χ4v) is 3.47. The third-order valence-electron chi connectivity index (χ3n) is 3.78. The predicted molar refractivity (Wildman–Crippen MR) is 83.5 cm³/mol. The standard InChI is InChI=1S/C15H20Cl2N2O/c1-15(2,13-11(16)4-3-5-12(13)17)9-19-14(20)10-6-7-18-8-10/h3-5,10,18H,6-9H2,1-2H3,(H,19,20). The van der Waals surface area contributed by atoms with Crippen LogP contribution >= 0.6 is 23.2 Å². The molecular formula is C15H20Cl2N2O. The summed E-state index contributed by atoms with van der Waals surface area (Å²) in [5, 5.41) is 7.50. The van der Waals surface area contributed by atoms with Crippen molar-refractivity contribution in [1.82, 2.24) is 10.6 Å². The van der Waals surface area contributed by atoms with E-state index in [1.54, 1.807) is 0 Å². The van der Waals surface area contributed by atoms with Crippen LogP contribution in [0, 0.1) is 5.92 Å². The first-order valence-corrected chi connectivity index (χ1v) is 7.60. The van der Waals surface area contributed by atoms with Crippen LogP contribution in [0.25, 0.3) is 0 Å². The zero-order chi connectivity index (χ0) is 14.8. The molecule has 1 unspecified atom stereocenters. The van der Waals surface area contributed by atoms with E-state index in [9.17, 15) is 4.79 Å². The van der Waals surface area contributed by atoms with E-state index in [2.05, 4.69) is 10.6 Å². The number of hydrogen-bond acceptors (Lipinski definition) is 2. The molecule has 110 valence electrons. The molecule has 1 saturated heterocycles. The third kappa shape index (κ3) is 3.46. The highest BCUT2D eigenvalue weighted by Gasteiger charge is 2.28. The highest BCUT2D eigenvalue weighted by molar-refractivity contribution is 6.36. The summed E-state index contributed by atoms with van der Waals surface area (Å²) in [6.07, 6.45) is 0.902. The second kappa shape index (κ2) is 6.33.